The Bertz CT molecular complexity index is 433. The van der Waals surface area contributed by atoms with Crippen LogP contribution < -0.4 is 5.32 Å². The van der Waals surface area contributed by atoms with Crippen molar-refractivity contribution in [3.05, 3.63) is 24.0 Å². The van der Waals surface area contributed by atoms with E-state index in [0.717, 1.165) is 38.9 Å². The number of likely N-dealkylation sites (tertiary alicyclic amines) is 1. The van der Waals surface area contributed by atoms with E-state index in [0.29, 0.717) is 12.6 Å². The molecule has 21 heavy (non-hydrogen) atoms. The quantitative estimate of drug-likeness (QED) is 0.875. The number of aromatic nitrogens is 1. The summed E-state index contributed by atoms with van der Waals surface area (Å²) in [6.07, 6.45) is 10.0. The van der Waals surface area contributed by atoms with E-state index in [1.807, 2.05) is 15.7 Å². The summed E-state index contributed by atoms with van der Waals surface area (Å²) < 4.78 is 2.03. The molecule has 1 aliphatic heterocycles. The van der Waals surface area contributed by atoms with Crippen molar-refractivity contribution < 1.29 is 4.79 Å². The van der Waals surface area contributed by atoms with Crippen molar-refractivity contribution in [2.75, 3.05) is 19.6 Å². The maximum atomic E-state index is 12.4. The second-order valence-electron chi connectivity index (χ2n) is 5.93. The van der Waals surface area contributed by atoms with Crippen molar-refractivity contribution in [1.29, 1.82) is 0 Å². The Hall–Kier alpha value is -1.29. The largest absolute Gasteiger partial charge is 0.345 e. The van der Waals surface area contributed by atoms with Gasteiger partial charge in [0.1, 0.15) is 6.54 Å². The van der Waals surface area contributed by atoms with E-state index < -0.39 is 0 Å². The van der Waals surface area contributed by atoms with Gasteiger partial charge in [0, 0.05) is 31.5 Å². The Kier molecular flexibility index (Phi) is 6.30. The van der Waals surface area contributed by atoms with Gasteiger partial charge in [-0.05, 0) is 37.4 Å². The summed E-state index contributed by atoms with van der Waals surface area (Å²) in [5.41, 5.74) is 1.28. The van der Waals surface area contributed by atoms with Gasteiger partial charge in [-0.3, -0.25) is 4.79 Å². The third kappa shape index (κ3) is 4.60. The lowest BCUT2D eigenvalue weighted by atomic mass is 10.1. The van der Waals surface area contributed by atoms with Crippen molar-refractivity contribution in [3.8, 4) is 0 Å². The maximum Gasteiger partial charge on any atom is 0.242 e. The van der Waals surface area contributed by atoms with E-state index >= 15 is 0 Å². The molecule has 4 nitrogen and oxygen atoms in total. The van der Waals surface area contributed by atoms with Crippen LogP contribution in [-0.4, -0.2) is 35.0 Å². The lowest BCUT2D eigenvalue weighted by Gasteiger charge is -2.20. The lowest BCUT2D eigenvalue weighted by molar-refractivity contribution is -0.131. The highest BCUT2D eigenvalue weighted by atomic mass is 16.2. The first kappa shape index (κ1) is 16.1. The van der Waals surface area contributed by atoms with Crippen LogP contribution in [-0.2, 0) is 11.3 Å². The molecule has 0 aromatic carbocycles. The topological polar surface area (TPSA) is 37.3 Å². The van der Waals surface area contributed by atoms with Gasteiger partial charge < -0.3 is 14.8 Å². The smallest absolute Gasteiger partial charge is 0.242 e. The molecule has 1 saturated heterocycles. The first-order valence-electron chi connectivity index (χ1n) is 8.41. The molecule has 1 unspecified atom stereocenters. The van der Waals surface area contributed by atoms with E-state index in [-0.39, 0.29) is 5.91 Å². The summed E-state index contributed by atoms with van der Waals surface area (Å²) >= 11 is 0. The summed E-state index contributed by atoms with van der Waals surface area (Å²) in [5, 5.41) is 3.48. The van der Waals surface area contributed by atoms with Crippen LogP contribution in [0.25, 0.3) is 0 Å². The standard InChI is InChI=1S/C17H29N3O/c1-3-16(18-4-2)15-9-12-19(13-15)14-17(21)20-10-7-5-6-8-11-20/h9,12-13,16,18H,3-8,10-11,14H2,1-2H3. The summed E-state index contributed by atoms with van der Waals surface area (Å²) in [6, 6.07) is 2.52. The number of carbonyl (C=O) groups is 1. The Morgan fingerprint density at radius 3 is 2.57 bits per heavy atom. The molecule has 0 aliphatic carbocycles. The molecule has 4 heteroatoms. The highest BCUT2D eigenvalue weighted by Crippen LogP contribution is 2.17. The van der Waals surface area contributed by atoms with Crippen LogP contribution in [0.5, 0.6) is 0 Å². The molecule has 1 N–H and O–H groups in total. The van der Waals surface area contributed by atoms with E-state index in [4.69, 9.17) is 0 Å². The van der Waals surface area contributed by atoms with Crippen LogP contribution in [0.2, 0.25) is 0 Å². The monoisotopic (exact) mass is 291 g/mol. The Labute approximate surface area is 128 Å². The zero-order valence-electron chi connectivity index (χ0n) is 13.5. The van der Waals surface area contributed by atoms with Gasteiger partial charge in [0.25, 0.3) is 0 Å². The van der Waals surface area contributed by atoms with E-state index in [1.54, 1.807) is 0 Å². The molecule has 1 aliphatic rings. The van der Waals surface area contributed by atoms with Gasteiger partial charge in [-0.1, -0.05) is 26.7 Å². The first-order valence-corrected chi connectivity index (χ1v) is 8.41. The number of carbonyl (C=O) groups excluding carboxylic acids is 1. The Morgan fingerprint density at radius 2 is 1.95 bits per heavy atom. The van der Waals surface area contributed by atoms with Gasteiger partial charge in [0.05, 0.1) is 0 Å². The molecular formula is C17H29N3O. The van der Waals surface area contributed by atoms with Crippen molar-refractivity contribution in [1.82, 2.24) is 14.8 Å². The molecule has 1 aromatic heterocycles. The molecule has 2 heterocycles. The highest BCUT2D eigenvalue weighted by molar-refractivity contribution is 5.76. The molecule has 0 radical (unpaired) electrons. The third-order valence-corrected chi connectivity index (χ3v) is 4.31. The van der Waals surface area contributed by atoms with Crippen LogP contribution in [0.15, 0.2) is 18.5 Å². The predicted molar refractivity (Wildman–Crippen MR) is 86.2 cm³/mol. The predicted octanol–water partition coefficient (Wildman–Crippen LogP) is 2.95. The van der Waals surface area contributed by atoms with E-state index in [2.05, 4.69) is 31.4 Å². The van der Waals surface area contributed by atoms with Gasteiger partial charge in [0.2, 0.25) is 5.91 Å². The number of hydrogen-bond acceptors (Lipinski definition) is 2. The zero-order valence-corrected chi connectivity index (χ0v) is 13.5. The average Bonchev–Trinajstić information content (AvgIpc) is 2.77. The fourth-order valence-electron chi connectivity index (χ4n) is 3.08. The number of nitrogens with one attached hydrogen (secondary N) is 1. The number of nitrogens with zero attached hydrogens (tertiary/aromatic N) is 2. The molecule has 2 rings (SSSR count). The molecule has 1 atom stereocenters. The molecular weight excluding hydrogens is 262 g/mol. The lowest BCUT2D eigenvalue weighted by Crippen LogP contribution is -2.34. The van der Waals surface area contributed by atoms with Gasteiger partial charge in [-0.15, -0.1) is 0 Å². The Morgan fingerprint density at radius 1 is 1.24 bits per heavy atom. The molecule has 118 valence electrons. The number of hydrogen-bond donors (Lipinski definition) is 1. The average molecular weight is 291 g/mol. The van der Waals surface area contributed by atoms with Gasteiger partial charge in [-0.25, -0.2) is 0 Å². The van der Waals surface area contributed by atoms with Crippen LogP contribution >= 0.6 is 0 Å². The summed E-state index contributed by atoms with van der Waals surface area (Å²) in [5.74, 6) is 0.260. The SMILES string of the molecule is CCNC(CC)c1ccn(CC(=O)N2CCCCCC2)c1. The van der Waals surface area contributed by atoms with Crippen molar-refractivity contribution in [3.63, 3.8) is 0 Å². The second kappa shape index (κ2) is 8.23. The minimum Gasteiger partial charge on any atom is -0.345 e. The summed E-state index contributed by atoms with van der Waals surface area (Å²) in [4.78, 5) is 14.4. The molecule has 0 saturated carbocycles. The molecule has 0 bridgehead atoms. The van der Waals surface area contributed by atoms with Gasteiger partial charge in [-0.2, -0.15) is 0 Å². The third-order valence-electron chi connectivity index (χ3n) is 4.31. The van der Waals surface area contributed by atoms with Crippen LogP contribution in [0, 0.1) is 0 Å². The van der Waals surface area contributed by atoms with Crippen molar-refractivity contribution in [2.45, 2.75) is 58.5 Å². The molecule has 1 fully saturated rings. The molecule has 1 amide bonds. The van der Waals surface area contributed by atoms with E-state index in [1.165, 1.54) is 18.4 Å². The Balaban J connectivity index is 1.93. The highest BCUT2D eigenvalue weighted by Gasteiger charge is 2.16. The van der Waals surface area contributed by atoms with Crippen LogP contribution in [0.3, 0.4) is 0 Å². The van der Waals surface area contributed by atoms with Crippen molar-refractivity contribution >= 4 is 5.91 Å². The van der Waals surface area contributed by atoms with Crippen molar-refractivity contribution in [2.24, 2.45) is 0 Å². The van der Waals surface area contributed by atoms with Gasteiger partial charge >= 0.3 is 0 Å². The summed E-state index contributed by atoms with van der Waals surface area (Å²) in [6.45, 7) is 7.62. The van der Waals surface area contributed by atoms with Crippen LogP contribution in [0.4, 0.5) is 0 Å². The van der Waals surface area contributed by atoms with Crippen LogP contribution in [0.1, 0.15) is 57.6 Å². The minimum atomic E-state index is 0.260. The van der Waals surface area contributed by atoms with E-state index in [9.17, 15) is 4.79 Å². The fraction of sp³-hybridized carbons (Fsp3) is 0.706. The number of rotatable bonds is 6. The minimum absolute atomic E-state index is 0.260. The van der Waals surface area contributed by atoms with Gasteiger partial charge in [0.15, 0.2) is 0 Å². The zero-order chi connectivity index (χ0) is 15.1. The first-order chi connectivity index (χ1) is 10.2. The molecule has 1 aromatic rings. The molecule has 0 spiro atoms. The normalized spacial score (nSPS) is 17.5. The second-order valence-corrected chi connectivity index (χ2v) is 5.93. The maximum absolute atomic E-state index is 12.4. The fourth-order valence-corrected chi connectivity index (χ4v) is 3.08. The number of amides is 1. The summed E-state index contributed by atoms with van der Waals surface area (Å²) in [7, 11) is 0.